The predicted octanol–water partition coefficient (Wildman–Crippen LogP) is 3.51. The Bertz CT molecular complexity index is 1000. The third-order valence-electron chi connectivity index (χ3n) is 4.14. The SMILES string of the molecule is Cc1nn(C)c2cc(C=C3C(=O)Nc4ccc(F)cc43)ccc12. The van der Waals surface area contributed by atoms with Crippen molar-refractivity contribution < 1.29 is 9.18 Å². The summed E-state index contributed by atoms with van der Waals surface area (Å²) in [5.74, 6) is -0.573. The summed E-state index contributed by atoms with van der Waals surface area (Å²) in [4.78, 5) is 12.2. The van der Waals surface area contributed by atoms with E-state index >= 15 is 0 Å². The van der Waals surface area contributed by atoms with Crippen molar-refractivity contribution in [2.45, 2.75) is 6.92 Å². The highest BCUT2D eigenvalue weighted by Gasteiger charge is 2.24. The van der Waals surface area contributed by atoms with Crippen LogP contribution < -0.4 is 5.32 Å². The number of carbonyl (C=O) groups excluding carboxylic acids is 1. The van der Waals surface area contributed by atoms with E-state index in [4.69, 9.17) is 0 Å². The van der Waals surface area contributed by atoms with E-state index in [0.717, 1.165) is 22.2 Å². The van der Waals surface area contributed by atoms with Crippen LogP contribution in [0.3, 0.4) is 0 Å². The second-order valence-corrected chi connectivity index (χ2v) is 5.69. The smallest absolute Gasteiger partial charge is 0.256 e. The lowest BCUT2D eigenvalue weighted by atomic mass is 10.0. The van der Waals surface area contributed by atoms with Crippen LogP contribution in [0.2, 0.25) is 0 Å². The molecule has 0 saturated heterocycles. The molecule has 0 aliphatic carbocycles. The zero-order valence-electron chi connectivity index (χ0n) is 12.7. The van der Waals surface area contributed by atoms with Gasteiger partial charge in [0.1, 0.15) is 5.82 Å². The average Bonchev–Trinajstić information content (AvgIpc) is 2.97. The number of amides is 1. The molecule has 2 aromatic carbocycles. The highest BCUT2D eigenvalue weighted by molar-refractivity contribution is 6.34. The van der Waals surface area contributed by atoms with Crippen molar-refractivity contribution in [2.24, 2.45) is 7.05 Å². The van der Waals surface area contributed by atoms with Gasteiger partial charge in [0.2, 0.25) is 0 Å². The number of hydrogen-bond acceptors (Lipinski definition) is 2. The maximum absolute atomic E-state index is 13.5. The van der Waals surface area contributed by atoms with E-state index in [1.54, 1.807) is 12.1 Å². The average molecular weight is 307 g/mol. The van der Waals surface area contributed by atoms with Crippen LogP contribution in [0.4, 0.5) is 10.1 Å². The molecule has 2 heterocycles. The molecule has 0 unspecified atom stereocenters. The maximum Gasteiger partial charge on any atom is 0.256 e. The zero-order chi connectivity index (χ0) is 16.1. The number of aromatic nitrogens is 2. The van der Waals surface area contributed by atoms with Gasteiger partial charge in [0.25, 0.3) is 5.91 Å². The Hall–Kier alpha value is -2.95. The molecule has 0 atom stereocenters. The summed E-state index contributed by atoms with van der Waals surface area (Å²) in [6.45, 7) is 1.96. The topological polar surface area (TPSA) is 46.9 Å². The third kappa shape index (κ3) is 2.12. The van der Waals surface area contributed by atoms with Gasteiger partial charge in [-0.2, -0.15) is 5.10 Å². The summed E-state index contributed by atoms with van der Waals surface area (Å²) < 4.78 is 15.3. The second kappa shape index (κ2) is 4.78. The standard InChI is InChI=1S/C18H14FN3O/c1-10-13-5-3-11(8-17(13)22(2)21-10)7-15-14-9-12(19)4-6-16(14)20-18(15)23/h3-9H,1-2H3,(H,20,23). The van der Waals surface area contributed by atoms with Crippen molar-refractivity contribution >= 4 is 34.1 Å². The van der Waals surface area contributed by atoms with Gasteiger partial charge in [-0.15, -0.1) is 0 Å². The van der Waals surface area contributed by atoms with Gasteiger partial charge in [-0.05, 0) is 42.8 Å². The molecule has 0 radical (unpaired) electrons. The molecular weight excluding hydrogens is 293 g/mol. The molecule has 5 heteroatoms. The van der Waals surface area contributed by atoms with Crippen molar-refractivity contribution in [1.82, 2.24) is 9.78 Å². The Labute approximate surface area is 132 Å². The van der Waals surface area contributed by atoms with E-state index in [1.807, 2.05) is 36.9 Å². The number of anilines is 1. The summed E-state index contributed by atoms with van der Waals surface area (Å²) in [5.41, 5.74) is 4.54. The number of hydrogen-bond donors (Lipinski definition) is 1. The van der Waals surface area contributed by atoms with E-state index in [2.05, 4.69) is 10.4 Å². The molecule has 0 spiro atoms. The van der Waals surface area contributed by atoms with Crippen LogP contribution >= 0.6 is 0 Å². The molecule has 1 aliphatic heterocycles. The van der Waals surface area contributed by atoms with Gasteiger partial charge in [-0.1, -0.05) is 12.1 Å². The summed E-state index contributed by atoms with van der Waals surface area (Å²) in [7, 11) is 1.89. The minimum absolute atomic E-state index is 0.216. The molecule has 1 amide bonds. The molecule has 1 N–H and O–H groups in total. The summed E-state index contributed by atoms with van der Waals surface area (Å²) in [6, 6.07) is 10.2. The molecule has 1 aliphatic rings. The lowest BCUT2D eigenvalue weighted by molar-refractivity contribution is -0.110. The first kappa shape index (κ1) is 13.7. The molecule has 3 aromatic rings. The van der Waals surface area contributed by atoms with E-state index in [-0.39, 0.29) is 11.7 Å². The van der Waals surface area contributed by atoms with Gasteiger partial charge in [-0.25, -0.2) is 4.39 Å². The third-order valence-corrected chi connectivity index (χ3v) is 4.14. The lowest BCUT2D eigenvalue weighted by Gasteiger charge is -2.01. The van der Waals surface area contributed by atoms with E-state index in [9.17, 15) is 9.18 Å². The highest BCUT2D eigenvalue weighted by atomic mass is 19.1. The first-order valence-corrected chi connectivity index (χ1v) is 7.29. The molecule has 4 nitrogen and oxygen atoms in total. The predicted molar refractivity (Wildman–Crippen MR) is 88.4 cm³/mol. The number of nitrogens with zero attached hydrogens (tertiary/aromatic N) is 2. The number of halogens is 1. The van der Waals surface area contributed by atoms with Gasteiger partial charge < -0.3 is 5.32 Å². The van der Waals surface area contributed by atoms with Crippen LogP contribution in [0.1, 0.15) is 16.8 Å². The van der Waals surface area contributed by atoms with Gasteiger partial charge >= 0.3 is 0 Å². The quantitative estimate of drug-likeness (QED) is 0.699. The van der Waals surface area contributed by atoms with Crippen molar-refractivity contribution in [3.8, 4) is 0 Å². The Balaban J connectivity index is 1.86. The van der Waals surface area contributed by atoms with Crippen LogP contribution in [-0.2, 0) is 11.8 Å². The number of aryl methyl sites for hydroxylation is 2. The van der Waals surface area contributed by atoms with Crippen LogP contribution in [-0.4, -0.2) is 15.7 Å². The van der Waals surface area contributed by atoms with Crippen LogP contribution in [0.5, 0.6) is 0 Å². The largest absolute Gasteiger partial charge is 0.321 e. The Morgan fingerprint density at radius 3 is 2.87 bits per heavy atom. The molecule has 4 rings (SSSR count). The van der Waals surface area contributed by atoms with Crippen LogP contribution in [0, 0.1) is 12.7 Å². The van der Waals surface area contributed by atoms with E-state index < -0.39 is 0 Å². The molecule has 23 heavy (non-hydrogen) atoms. The molecule has 1 aromatic heterocycles. The first-order valence-electron chi connectivity index (χ1n) is 7.29. The lowest BCUT2D eigenvalue weighted by Crippen LogP contribution is -2.03. The number of benzene rings is 2. The van der Waals surface area contributed by atoms with Crippen molar-refractivity contribution in [1.29, 1.82) is 0 Å². The fourth-order valence-electron chi connectivity index (χ4n) is 3.02. The van der Waals surface area contributed by atoms with Gasteiger partial charge in [0, 0.05) is 29.3 Å². The van der Waals surface area contributed by atoms with Gasteiger partial charge in [-0.3, -0.25) is 9.48 Å². The van der Waals surface area contributed by atoms with Gasteiger partial charge in [0.05, 0.1) is 11.2 Å². The number of nitrogens with one attached hydrogen (secondary N) is 1. The van der Waals surface area contributed by atoms with Crippen LogP contribution in [0.15, 0.2) is 36.4 Å². The second-order valence-electron chi connectivity index (χ2n) is 5.69. The summed E-state index contributed by atoms with van der Waals surface area (Å²) in [6.07, 6.45) is 1.78. The minimum Gasteiger partial charge on any atom is -0.321 e. The Morgan fingerprint density at radius 2 is 2.04 bits per heavy atom. The van der Waals surface area contributed by atoms with Crippen molar-refractivity contribution in [3.63, 3.8) is 0 Å². The normalized spacial score (nSPS) is 15.3. The van der Waals surface area contributed by atoms with Crippen molar-refractivity contribution in [2.75, 3.05) is 5.32 Å². The number of carbonyl (C=O) groups is 1. The molecule has 0 fully saturated rings. The van der Waals surface area contributed by atoms with Crippen LogP contribution in [0.25, 0.3) is 22.6 Å². The molecule has 114 valence electrons. The molecule has 0 saturated carbocycles. The van der Waals surface area contributed by atoms with E-state index in [1.165, 1.54) is 12.1 Å². The monoisotopic (exact) mass is 307 g/mol. The van der Waals surface area contributed by atoms with E-state index in [0.29, 0.717) is 16.8 Å². The highest BCUT2D eigenvalue weighted by Crippen LogP contribution is 2.34. The first-order chi connectivity index (χ1) is 11.0. The summed E-state index contributed by atoms with van der Waals surface area (Å²) >= 11 is 0. The van der Waals surface area contributed by atoms with Gasteiger partial charge in [0.15, 0.2) is 0 Å². The number of fused-ring (bicyclic) bond motifs is 2. The fraction of sp³-hybridized carbons (Fsp3) is 0.111. The Morgan fingerprint density at radius 1 is 1.22 bits per heavy atom. The Kier molecular flexibility index (Phi) is 2.84. The maximum atomic E-state index is 13.5. The minimum atomic E-state index is -0.358. The fourth-order valence-corrected chi connectivity index (χ4v) is 3.02. The van der Waals surface area contributed by atoms with Crippen molar-refractivity contribution in [3.05, 3.63) is 59.0 Å². The molecule has 0 bridgehead atoms. The zero-order valence-corrected chi connectivity index (χ0v) is 12.7. The molecular formula is C18H14FN3O. The number of rotatable bonds is 1. The summed E-state index contributed by atoms with van der Waals surface area (Å²) in [5, 5.41) is 8.23.